The van der Waals surface area contributed by atoms with Crippen LogP contribution in [0, 0.1) is 5.92 Å². The molecule has 0 aromatic heterocycles. The summed E-state index contributed by atoms with van der Waals surface area (Å²) < 4.78 is 0. The SMILES string of the molecule is O=CC(c1ccc2c(c1)CCC2)C1CC1. The molecule has 1 aromatic carbocycles. The first-order valence-electron chi connectivity index (χ1n) is 5.95. The van der Waals surface area contributed by atoms with Crippen molar-refractivity contribution in [2.75, 3.05) is 0 Å². The van der Waals surface area contributed by atoms with Gasteiger partial charge in [-0.15, -0.1) is 0 Å². The number of aryl methyl sites for hydroxylation is 2. The molecule has 1 unspecified atom stereocenters. The Morgan fingerprint density at radius 3 is 2.73 bits per heavy atom. The monoisotopic (exact) mass is 200 g/mol. The Balaban J connectivity index is 1.94. The van der Waals surface area contributed by atoms with Crippen LogP contribution in [-0.2, 0) is 17.6 Å². The van der Waals surface area contributed by atoms with Gasteiger partial charge in [0.2, 0.25) is 0 Å². The minimum Gasteiger partial charge on any atom is -0.303 e. The highest BCUT2D eigenvalue weighted by Crippen LogP contribution is 2.42. The van der Waals surface area contributed by atoms with Gasteiger partial charge in [-0.05, 0) is 54.7 Å². The highest BCUT2D eigenvalue weighted by Gasteiger charge is 2.32. The molecular weight excluding hydrogens is 184 g/mol. The second-order valence-electron chi connectivity index (χ2n) is 4.88. The van der Waals surface area contributed by atoms with Gasteiger partial charge in [-0.1, -0.05) is 18.2 Å². The summed E-state index contributed by atoms with van der Waals surface area (Å²) in [6.45, 7) is 0. The highest BCUT2D eigenvalue weighted by atomic mass is 16.1. The Bertz CT molecular complexity index is 390. The molecule has 0 aliphatic heterocycles. The molecule has 15 heavy (non-hydrogen) atoms. The first-order valence-corrected chi connectivity index (χ1v) is 5.95. The molecule has 0 amide bonds. The number of carbonyl (C=O) groups excluding carboxylic acids is 1. The smallest absolute Gasteiger partial charge is 0.127 e. The Morgan fingerprint density at radius 1 is 1.20 bits per heavy atom. The lowest BCUT2D eigenvalue weighted by Gasteiger charge is -2.10. The van der Waals surface area contributed by atoms with Gasteiger partial charge in [0.15, 0.2) is 0 Å². The number of hydrogen-bond donors (Lipinski definition) is 0. The first kappa shape index (κ1) is 9.14. The number of carbonyl (C=O) groups is 1. The fraction of sp³-hybridized carbons (Fsp3) is 0.500. The standard InChI is InChI=1S/C14H16O/c15-9-14(11-5-6-11)13-7-4-10-2-1-3-12(10)8-13/h4,7-9,11,14H,1-3,5-6H2. The van der Waals surface area contributed by atoms with Gasteiger partial charge < -0.3 is 4.79 Å². The van der Waals surface area contributed by atoms with Crippen molar-refractivity contribution < 1.29 is 4.79 Å². The van der Waals surface area contributed by atoms with Crippen LogP contribution in [0.15, 0.2) is 18.2 Å². The average Bonchev–Trinajstić information content (AvgIpc) is 2.97. The number of aldehydes is 1. The predicted octanol–water partition coefficient (Wildman–Crippen LogP) is 2.87. The summed E-state index contributed by atoms with van der Waals surface area (Å²) in [5.74, 6) is 0.817. The lowest BCUT2D eigenvalue weighted by atomic mass is 9.93. The molecule has 0 heterocycles. The van der Waals surface area contributed by atoms with E-state index < -0.39 is 0 Å². The second-order valence-corrected chi connectivity index (χ2v) is 4.88. The normalized spacial score (nSPS) is 21.1. The fourth-order valence-corrected chi connectivity index (χ4v) is 2.72. The van der Waals surface area contributed by atoms with E-state index in [1.54, 1.807) is 0 Å². The molecule has 1 heteroatoms. The maximum absolute atomic E-state index is 11.1. The largest absolute Gasteiger partial charge is 0.303 e. The van der Waals surface area contributed by atoms with Crippen LogP contribution in [0.2, 0.25) is 0 Å². The van der Waals surface area contributed by atoms with Crippen molar-refractivity contribution in [1.29, 1.82) is 0 Å². The van der Waals surface area contributed by atoms with Crippen molar-refractivity contribution in [3.8, 4) is 0 Å². The van der Waals surface area contributed by atoms with Crippen LogP contribution < -0.4 is 0 Å². The zero-order valence-electron chi connectivity index (χ0n) is 8.91. The van der Waals surface area contributed by atoms with Gasteiger partial charge in [0, 0.05) is 5.92 Å². The number of rotatable bonds is 3. The molecule has 0 N–H and O–H groups in total. The lowest BCUT2D eigenvalue weighted by molar-refractivity contribution is -0.109. The van der Waals surface area contributed by atoms with E-state index in [9.17, 15) is 4.79 Å². The Hall–Kier alpha value is -1.11. The third-order valence-corrected chi connectivity index (χ3v) is 3.78. The molecule has 1 atom stereocenters. The molecular formula is C14H16O. The number of hydrogen-bond acceptors (Lipinski definition) is 1. The summed E-state index contributed by atoms with van der Waals surface area (Å²) in [4.78, 5) is 11.1. The summed E-state index contributed by atoms with van der Waals surface area (Å²) in [5.41, 5.74) is 4.24. The van der Waals surface area contributed by atoms with Crippen LogP contribution in [-0.4, -0.2) is 6.29 Å². The van der Waals surface area contributed by atoms with Gasteiger partial charge in [0.1, 0.15) is 6.29 Å². The molecule has 78 valence electrons. The predicted molar refractivity (Wildman–Crippen MR) is 60.0 cm³/mol. The van der Waals surface area contributed by atoms with Crippen LogP contribution in [0.25, 0.3) is 0 Å². The maximum Gasteiger partial charge on any atom is 0.127 e. The van der Waals surface area contributed by atoms with E-state index in [1.807, 2.05) is 0 Å². The topological polar surface area (TPSA) is 17.1 Å². The van der Waals surface area contributed by atoms with Crippen molar-refractivity contribution in [3.05, 3.63) is 34.9 Å². The zero-order chi connectivity index (χ0) is 10.3. The van der Waals surface area contributed by atoms with Crippen molar-refractivity contribution >= 4 is 6.29 Å². The minimum absolute atomic E-state index is 0.177. The molecule has 0 radical (unpaired) electrons. The van der Waals surface area contributed by atoms with Gasteiger partial charge in [-0.2, -0.15) is 0 Å². The van der Waals surface area contributed by atoms with E-state index in [0.717, 1.165) is 6.29 Å². The molecule has 2 aliphatic rings. The van der Waals surface area contributed by atoms with Crippen LogP contribution >= 0.6 is 0 Å². The van der Waals surface area contributed by atoms with E-state index in [4.69, 9.17) is 0 Å². The van der Waals surface area contributed by atoms with E-state index in [2.05, 4.69) is 18.2 Å². The fourth-order valence-electron chi connectivity index (χ4n) is 2.72. The Morgan fingerprint density at radius 2 is 2.00 bits per heavy atom. The summed E-state index contributed by atoms with van der Waals surface area (Å²) in [6, 6.07) is 6.68. The summed E-state index contributed by atoms with van der Waals surface area (Å²) in [7, 11) is 0. The summed E-state index contributed by atoms with van der Waals surface area (Å²) in [6.07, 6.45) is 7.34. The summed E-state index contributed by atoms with van der Waals surface area (Å²) >= 11 is 0. The molecule has 3 rings (SSSR count). The Labute approximate surface area is 90.5 Å². The van der Waals surface area contributed by atoms with Crippen molar-refractivity contribution in [2.45, 2.75) is 38.0 Å². The lowest BCUT2D eigenvalue weighted by Crippen LogP contribution is -2.03. The quantitative estimate of drug-likeness (QED) is 0.686. The molecule has 2 aliphatic carbocycles. The third kappa shape index (κ3) is 1.60. The van der Waals surface area contributed by atoms with Crippen LogP contribution in [0.3, 0.4) is 0 Å². The Kier molecular flexibility index (Phi) is 2.12. The first-order chi connectivity index (χ1) is 7.38. The molecule has 1 saturated carbocycles. The molecule has 0 saturated heterocycles. The van der Waals surface area contributed by atoms with Crippen molar-refractivity contribution in [3.63, 3.8) is 0 Å². The van der Waals surface area contributed by atoms with E-state index >= 15 is 0 Å². The molecule has 1 fully saturated rings. The van der Waals surface area contributed by atoms with E-state index in [1.165, 1.54) is 48.8 Å². The minimum atomic E-state index is 0.177. The van der Waals surface area contributed by atoms with Crippen LogP contribution in [0.5, 0.6) is 0 Å². The van der Waals surface area contributed by atoms with Gasteiger partial charge in [0.25, 0.3) is 0 Å². The maximum atomic E-state index is 11.1. The third-order valence-electron chi connectivity index (χ3n) is 3.78. The van der Waals surface area contributed by atoms with Gasteiger partial charge in [-0.25, -0.2) is 0 Å². The highest BCUT2D eigenvalue weighted by molar-refractivity contribution is 5.64. The zero-order valence-corrected chi connectivity index (χ0v) is 8.91. The molecule has 1 aromatic rings. The van der Waals surface area contributed by atoms with Gasteiger partial charge in [-0.3, -0.25) is 0 Å². The molecule has 0 bridgehead atoms. The average molecular weight is 200 g/mol. The van der Waals surface area contributed by atoms with Gasteiger partial charge >= 0.3 is 0 Å². The van der Waals surface area contributed by atoms with E-state index in [0.29, 0.717) is 5.92 Å². The molecule has 1 nitrogen and oxygen atoms in total. The van der Waals surface area contributed by atoms with Crippen molar-refractivity contribution in [2.24, 2.45) is 5.92 Å². The van der Waals surface area contributed by atoms with Gasteiger partial charge in [0.05, 0.1) is 0 Å². The second kappa shape index (κ2) is 3.48. The summed E-state index contributed by atoms with van der Waals surface area (Å²) in [5, 5.41) is 0. The van der Waals surface area contributed by atoms with Crippen molar-refractivity contribution in [1.82, 2.24) is 0 Å². The molecule has 0 spiro atoms. The van der Waals surface area contributed by atoms with Crippen LogP contribution in [0.1, 0.15) is 41.9 Å². The van der Waals surface area contributed by atoms with E-state index in [-0.39, 0.29) is 5.92 Å². The number of fused-ring (bicyclic) bond motifs is 1. The number of benzene rings is 1. The van der Waals surface area contributed by atoms with Crippen LogP contribution in [0.4, 0.5) is 0 Å².